The SMILES string of the molecule is Cc1nonc1Cn1cnc2cc(-c3ccccc3)sc2c1=O. The Hall–Kier alpha value is -2.80. The summed E-state index contributed by atoms with van der Waals surface area (Å²) >= 11 is 1.45. The molecule has 0 aliphatic rings. The second kappa shape index (κ2) is 5.44. The van der Waals surface area contributed by atoms with Gasteiger partial charge in [0.05, 0.1) is 18.4 Å². The fourth-order valence-electron chi connectivity index (χ4n) is 2.36. The summed E-state index contributed by atoms with van der Waals surface area (Å²) < 4.78 is 6.84. The van der Waals surface area contributed by atoms with Crippen molar-refractivity contribution in [1.82, 2.24) is 19.9 Å². The largest absolute Gasteiger partial charge is 0.292 e. The smallest absolute Gasteiger partial charge is 0.271 e. The summed E-state index contributed by atoms with van der Waals surface area (Å²) in [6.45, 7) is 2.09. The van der Waals surface area contributed by atoms with Gasteiger partial charge in [-0.25, -0.2) is 9.61 Å². The zero-order chi connectivity index (χ0) is 15.8. The van der Waals surface area contributed by atoms with Gasteiger partial charge in [-0.05, 0) is 18.6 Å². The second-order valence-electron chi connectivity index (χ2n) is 5.16. The molecule has 0 amide bonds. The minimum absolute atomic E-state index is 0.0791. The number of aryl methyl sites for hydroxylation is 1. The second-order valence-corrected chi connectivity index (χ2v) is 6.22. The highest BCUT2D eigenvalue weighted by Gasteiger charge is 2.12. The number of hydrogen-bond acceptors (Lipinski definition) is 6. The van der Waals surface area contributed by atoms with Crippen LogP contribution in [0.25, 0.3) is 20.7 Å². The maximum Gasteiger partial charge on any atom is 0.271 e. The molecule has 4 aromatic rings. The Balaban J connectivity index is 1.79. The lowest BCUT2D eigenvalue weighted by Crippen LogP contribution is -2.20. The zero-order valence-corrected chi connectivity index (χ0v) is 13.1. The first-order valence-corrected chi connectivity index (χ1v) is 7.86. The first-order chi connectivity index (χ1) is 11.2. The van der Waals surface area contributed by atoms with Crippen molar-refractivity contribution in [3.05, 3.63) is 64.5 Å². The van der Waals surface area contributed by atoms with Gasteiger partial charge in [0.2, 0.25) is 0 Å². The third-order valence-electron chi connectivity index (χ3n) is 3.63. The lowest BCUT2D eigenvalue weighted by molar-refractivity contribution is 0.300. The Morgan fingerprint density at radius 2 is 2.04 bits per heavy atom. The quantitative estimate of drug-likeness (QED) is 0.579. The van der Waals surface area contributed by atoms with Crippen molar-refractivity contribution in [3.63, 3.8) is 0 Å². The fourth-order valence-corrected chi connectivity index (χ4v) is 3.42. The van der Waals surface area contributed by atoms with Crippen LogP contribution in [-0.4, -0.2) is 19.9 Å². The van der Waals surface area contributed by atoms with Crippen LogP contribution in [0.2, 0.25) is 0 Å². The van der Waals surface area contributed by atoms with Gasteiger partial charge in [0, 0.05) is 4.88 Å². The predicted molar refractivity (Wildman–Crippen MR) is 87.5 cm³/mol. The van der Waals surface area contributed by atoms with Gasteiger partial charge in [-0.1, -0.05) is 40.6 Å². The molecule has 0 aliphatic carbocycles. The molecular formula is C16H12N4O2S. The van der Waals surface area contributed by atoms with E-state index in [0.717, 1.165) is 10.4 Å². The van der Waals surface area contributed by atoms with E-state index in [1.165, 1.54) is 15.9 Å². The van der Waals surface area contributed by atoms with Crippen molar-refractivity contribution < 1.29 is 4.63 Å². The van der Waals surface area contributed by atoms with E-state index in [2.05, 4.69) is 19.9 Å². The Bertz CT molecular complexity index is 1030. The summed E-state index contributed by atoms with van der Waals surface area (Å²) in [6.07, 6.45) is 1.54. The molecular weight excluding hydrogens is 312 g/mol. The highest BCUT2D eigenvalue weighted by Crippen LogP contribution is 2.30. The molecule has 0 unspecified atom stereocenters. The molecule has 6 nitrogen and oxygen atoms in total. The number of benzene rings is 1. The average molecular weight is 324 g/mol. The van der Waals surface area contributed by atoms with Crippen LogP contribution < -0.4 is 5.56 Å². The zero-order valence-electron chi connectivity index (χ0n) is 12.3. The number of hydrogen-bond donors (Lipinski definition) is 0. The third kappa shape index (κ3) is 2.44. The van der Waals surface area contributed by atoms with Gasteiger partial charge in [0.1, 0.15) is 16.1 Å². The van der Waals surface area contributed by atoms with Gasteiger partial charge in [0.25, 0.3) is 5.56 Å². The summed E-state index contributed by atoms with van der Waals surface area (Å²) in [6, 6.07) is 11.9. The van der Waals surface area contributed by atoms with Crippen LogP contribution in [0.4, 0.5) is 0 Å². The molecule has 0 fully saturated rings. The van der Waals surface area contributed by atoms with Gasteiger partial charge < -0.3 is 0 Å². The van der Waals surface area contributed by atoms with Crippen molar-refractivity contribution in [1.29, 1.82) is 0 Å². The van der Waals surface area contributed by atoms with Crippen molar-refractivity contribution in [3.8, 4) is 10.4 Å². The summed E-state index contributed by atoms with van der Waals surface area (Å²) in [5, 5.41) is 7.54. The maximum atomic E-state index is 12.7. The first kappa shape index (κ1) is 13.8. The fraction of sp³-hybridized carbons (Fsp3) is 0.125. The number of aromatic nitrogens is 4. The monoisotopic (exact) mass is 324 g/mol. The van der Waals surface area contributed by atoms with Crippen molar-refractivity contribution in [2.75, 3.05) is 0 Å². The molecule has 0 aliphatic heterocycles. The maximum absolute atomic E-state index is 12.7. The molecule has 0 spiro atoms. The van der Waals surface area contributed by atoms with E-state index in [-0.39, 0.29) is 5.56 Å². The molecule has 0 N–H and O–H groups in total. The van der Waals surface area contributed by atoms with Crippen LogP contribution >= 0.6 is 11.3 Å². The molecule has 3 aromatic heterocycles. The molecule has 0 bridgehead atoms. The molecule has 23 heavy (non-hydrogen) atoms. The van der Waals surface area contributed by atoms with Crippen LogP contribution in [0.15, 0.2) is 52.1 Å². The summed E-state index contributed by atoms with van der Waals surface area (Å²) in [5.41, 5.74) is 3.02. The van der Waals surface area contributed by atoms with Gasteiger partial charge in [0.15, 0.2) is 0 Å². The Kier molecular flexibility index (Phi) is 3.27. The average Bonchev–Trinajstić information content (AvgIpc) is 3.18. The Morgan fingerprint density at radius 1 is 1.22 bits per heavy atom. The number of rotatable bonds is 3. The van der Waals surface area contributed by atoms with Crippen molar-refractivity contribution in [2.45, 2.75) is 13.5 Å². The normalized spacial score (nSPS) is 11.2. The van der Waals surface area contributed by atoms with E-state index in [9.17, 15) is 4.79 Å². The summed E-state index contributed by atoms with van der Waals surface area (Å²) in [5.74, 6) is 0. The standard InChI is InChI=1S/C16H12N4O2S/c1-10-13(19-22-18-10)8-20-9-17-12-7-14(23-15(12)16(20)21)11-5-3-2-4-6-11/h2-7,9H,8H2,1H3. The van der Waals surface area contributed by atoms with Gasteiger partial charge in [-0.2, -0.15) is 0 Å². The molecule has 7 heteroatoms. The summed E-state index contributed by atoms with van der Waals surface area (Å²) in [4.78, 5) is 18.1. The molecule has 114 valence electrons. The van der Waals surface area contributed by atoms with E-state index in [1.807, 2.05) is 36.4 Å². The molecule has 4 rings (SSSR count). The Morgan fingerprint density at radius 3 is 2.78 bits per heavy atom. The highest BCUT2D eigenvalue weighted by molar-refractivity contribution is 7.22. The predicted octanol–water partition coefficient (Wildman–Crippen LogP) is 2.86. The molecule has 3 heterocycles. The molecule has 0 saturated heterocycles. The first-order valence-electron chi connectivity index (χ1n) is 7.05. The van der Waals surface area contributed by atoms with Crippen molar-refractivity contribution in [2.24, 2.45) is 0 Å². The minimum atomic E-state index is -0.0791. The van der Waals surface area contributed by atoms with Crippen molar-refractivity contribution >= 4 is 21.6 Å². The minimum Gasteiger partial charge on any atom is -0.292 e. The van der Waals surface area contributed by atoms with E-state index < -0.39 is 0 Å². The van der Waals surface area contributed by atoms with E-state index >= 15 is 0 Å². The number of fused-ring (bicyclic) bond motifs is 1. The van der Waals surface area contributed by atoms with E-state index in [0.29, 0.717) is 28.1 Å². The highest BCUT2D eigenvalue weighted by atomic mass is 32.1. The summed E-state index contributed by atoms with van der Waals surface area (Å²) in [7, 11) is 0. The van der Waals surface area contributed by atoms with Crippen LogP contribution in [0.1, 0.15) is 11.4 Å². The number of thiophene rings is 1. The molecule has 1 aromatic carbocycles. The van der Waals surface area contributed by atoms with Gasteiger partial charge in [-0.3, -0.25) is 9.36 Å². The molecule has 0 radical (unpaired) electrons. The van der Waals surface area contributed by atoms with E-state index in [1.54, 1.807) is 13.3 Å². The van der Waals surface area contributed by atoms with Gasteiger partial charge >= 0.3 is 0 Å². The topological polar surface area (TPSA) is 73.8 Å². The Labute approximate surface area is 135 Å². The van der Waals surface area contributed by atoms with E-state index in [4.69, 9.17) is 0 Å². The lowest BCUT2D eigenvalue weighted by Gasteiger charge is -2.01. The number of nitrogens with zero attached hydrogens (tertiary/aromatic N) is 4. The third-order valence-corrected chi connectivity index (χ3v) is 4.79. The van der Waals surface area contributed by atoms with Crippen LogP contribution in [0.5, 0.6) is 0 Å². The lowest BCUT2D eigenvalue weighted by atomic mass is 10.2. The molecule has 0 atom stereocenters. The molecule has 0 saturated carbocycles. The van der Waals surface area contributed by atoms with Gasteiger partial charge in [-0.15, -0.1) is 11.3 Å². The van der Waals surface area contributed by atoms with Crippen LogP contribution in [-0.2, 0) is 6.54 Å². The van der Waals surface area contributed by atoms with Crippen LogP contribution in [0, 0.1) is 6.92 Å². The van der Waals surface area contributed by atoms with Crippen LogP contribution in [0.3, 0.4) is 0 Å².